The Bertz CT molecular complexity index is 177. The van der Waals surface area contributed by atoms with Crippen LogP contribution in [0.5, 0.6) is 0 Å². The van der Waals surface area contributed by atoms with Crippen LogP contribution in [-0.2, 0) is 4.79 Å². The van der Waals surface area contributed by atoms with Crippen molar-refractivity contribution in [2.75, 3.05) is 18.1 Å². The van der Waals surface area contributed by atoms with Crippen molar-refractivity contribution >= 4 is 29.4 Å². The Morgan fingerprint density at radius 3 is 2.64 bits per heavy atom. The van der Waals surface area contributed by atoms with Gasteiger partial charge in [0.15, 0.2) is 0 Å². The molecule has 2 fully saturated rings. The van der Waals surface area contributed by atoms with E-state index in [1.165, 1.54) is 17.9 Å². The fourth-order valence-electron chi connectivity index (χ4n) is 1.42. The van der Waals surface area contributed by atoms with E-state index in [-0.39, 0.29) is 9.99 Å². The predicted octanol–water partition coefficient (Wildman–Crippen LogP) is 1.07. The van der Waals surface area contributed by atoms with Crippen molar-refractivity contribution in [3.63, 3.8) is 0 Å². The quantitative estimate of drug-likeness (QED) is 0.618. The summed E-state index contributed by atoms with van der Waals surface area (Å²) in [6.45, 7) is 0.876. The molecule has 0 aromatic carbocycles. The van der Waals surface area contributed by atoms with Gasteiger partial charge in [0.1, 0.15) is 0 Å². The first-order valence-corrected chi connectivity index (χ1v) is 5.83. The Hall–Kier alpha value is 0.170. The highest BCUT2D eigenvalue weighted by atomic mass is 32.2. The first-order valence-electron chi connectivity index (χ1n) is 3.85. The van der Waals surface area contributed by atoms with Crippen LogP contribution in [0, 0.1) is 0 Å². The van der Waals surface area contributed by atoms with E-state index >= 15 is 0 Å². The van der Waals surface area contributed by atoms with E-state index in [1.54, 1.807) is 0 Å². The molecule has 0 atom stereocenters. The van der Waals surface area contributed by atoms with Gasteiger partial charge in [0.2, 0.25) is 5.91 Å². The van der Waals surface area contributed by atoms with Crippen molar-refractivity contribution in [2.24, 2.45) is 0 Å². The van der Waals surface area contributed by atoms with Crippen LogP contribution in [0.3, 0.4) is 0 Å². The van der Waals surface area contributed by atoms with Crippen LogP contribution in [0.15, 0.2) is 0 Å². The van der Waals surface area contributed by atoms with Gasteiger partial charge in [-0.1, -0.05) is 0 Å². The first kappa shape index (κ1) is 7.80. The minimum Gasteiger partial charge on any atom is -0.354 e. The van der Waals surface area contributed by atoms with Gasteiger partial charge in [-0.05, 0) is 17.9 Å². The molecule has 2 saturated heterocycles. The van der Waals surface area contributed by atoms with Crippen LogP contribution < -0.4 is 5.32 Å². The van der Waals surface area contributed by atoms with Gasteiger partial charge in [0.25, 0.3) is 0 Å². The number of carbonyl (C=O) groups excluding carboxylic acids is 1. The van der Waals surface area contributed by atoms with Gasteiger partial charge in [0.05, 0.1) is 10.5 Å². The van der Waals surface area contributed by atoms with E-state index in [0.717, 1.165) is 13.0 Å². The fourth-order valence-corrected chi connectivity index (χ4v) is 4.58. The Labute approximate surface area is 74.9 Å². The van der Waals surface area contributed by atoms with Crippen LogP contribution in [0.1, 0.15) is 12.8 Å². The summed E-state index contributed by atoms with van der Waals surface area (Å²) < 4.78 is 0.218. The van der Waals surface area contributed by atoms with Crippen LogP contribution in [-0.4, -0.2) is 28.0 Å². The van der Waals surface area contributed by atoms with Crippen molar-refractivity contribution in [3.8, 4) is 0 Å². The Balaban J connectivity index is 2.03. The van der Waals surface area contributed by atoms with Gasteiger partial charge in [-0.2, -0.15) is 0 Å². The van der Waals surface area contributed by atoms with Gasteiger partial charge in [-0.3, -0.25) is 4.79 Å². The minimum atomic E-state index is 0.218. The predicted molar refractivity (Wildman–Crippen MR) is 49.9 cm³/mol. The molecule has 0 aliphatic carbocycles. The second-order valence-electron chi connectivity index (χ2n) is 2.91. The largest absolute Gasteiger partial charge is 0.354 e. The number of hydrogen-bond acceptors (Lipinski definition) is 3. The summed E-state index contributed by atoms with van der Waals surface area (Å²) in [5, 5.41) is 2.90. The monoisotopic (exact) mass is 189 g/mol. The number of thioether (sulfide) groups is 2. The molecule has 0 radical (unpaired) electrons. The highest BCUT2D eigenvalue weighted by Gasteiger charge is 2.40. The molecule has 2 heterocycles. The third-order valence-corrected chi connectivity index (χ3v) is 5.33. The summed E-state index contributed by atoms with van der Waals surface area (Å²) in [7, 11) is 0. The number of hydrogen-bond donors (Lipinski definition) is 1. The first-order chi connectivity index (χ1) is 5.31. The molecule has 1 N–H and O–H groups in total. The summed E-state index contributed by atoms with van der Waals surface area (Å²) in [5.41, 5.74) is 0. The summed E-state index contributed by atoms with van der Waals surface area (Å²) in [4.78, 5) is 11.0. The fraction of sp³-hybridized carbons (Fsp3) is 0.857. The Kier molecular flexibility index (Phi) is 2.06. The number of rotatable bonds is 0. The molecular weight excluding hydrogens is 178 g/mol. The molecule has 2 aliphatic rings. The summed E-state index contributed by atoms with van der Waals surface area (Å²) in [6.07, 6.45) is 2.02. The molecule has 0 saturated carbocycles. The van der Waals surface area contributed by atoms with Gasteiger partial charge >= 0.3 is 0 Å². The van der Waals surface area contributed by atoms with Crippen molar-refractivity contribution < 1.29 is 4.79 Å². The van der Waals surface area contributed by atoms with E-state index in [4.69, 9.17) is 0 Å². The molecule has 2 rings (SSSR count). The maximum absolute atomic E-state index is 11.0. The van der Waals surface area contributed by atoms with Crippen LogP contribution in [0.25, 0.3) is 0 Å². The standard InChI is InChI=1S/C7H11NOS2/c9-6-4-7(5-8-6)10-2-1-3-11-7/h1-5H2,(H,8,9). The van der Waals surface area contributed by atoms with Gasteiger partial charge in [-0.15, -0.1) is 23.5 Å². The minimum absolute atomic E-state index is 0.218. The van der Waals surface area contributed by atoms with Crippen LogP contribution in [0.2, 0.25) is 0 Å². The third-order valence-electron chi connectivity index (χ3n) is 2.00. The molecule has 1 amide bonds. The Morgan fingerprint density at radius 1 is 1.36 bits per heavy atom. The zero-order valence-corrected chi connectivity index (χ0v) is 7.89. The summed E-state index contributed by atoms with van der Waals surface area (Å²) in [6, 6.07) is 0. The van der Waals surface area contributed by atoms with E-state index in [2.05, 4.69) is 5.32 Å². The van der Waals surface area contributed by atoms with Crippen molar-refractivity contribution in [2.45, 2.75) is 16.9 Å². The van der Waals surface area contributed by atoms with Gasteiger partial charge in [0, 0.05) is 6.54 Å². The SMILES string of the molecule is O=C1CC2(CN1)SCCCS2. The molecule has 1 spiro atoms. The van der Waals surface area contributed by atoms with Crippen LogP contribution >= 0.6 is 23.5 Å². The molecule has 0 aromatic heterocycles. The maximum Gasteiger partial charge on any atom is 0.222 e. The van der Waals surface area contributed by atoms with Gasteiger partial charge in [-0.25, -0.2) is 0 Å². The lowest BCUT2D eigenvalue weighted by Gasteiger charge is -2.29. The molecule has 4 heteroatoms. The molecule has 62 valence electrons. The molecule has 0 unspecified atom stereocenters. The molecule has 0 aromatic rings. The van der Waals surface area contributed by atoms with Crippen LogP contribution in [0.4, 0.5) is 0 Å². The van der Waals surface area contributed by atoms with E-state index < -0.39 is 0 Å². The van der Waals surface area contributed by atoms with Gasteiger partial charge < -0.3 is 5.32 Å². The average Bonchev–Trinajstić information content (AvgIpc) is 2.34. The molecular formula is C7H11NOS2. The van der Waals surface area contributed by atoms with Crippen molar-refractivity contribution in [1.29, 1.82) is 0 Å². The highest BCUT2D eigenvalue weighted by molar-refractivity contribution is 8.18. The maximum atomic E-state index is 11.0. The summed E-state index contributed by atoms with van der Waals surface area (Å²) >= 11 is 3.91. The zero-order chi connectivity index (χ0) is 7.73. The normalized spacial score (nSPS) is 28.9. The summed E-state index contributed by atoms with van der Waals surface area (Å²) in [5.74, 6) is 2.68. The third kappa shape index (κ3) is 1.51. The van der Waals surface area contributed by atoms with Crippen molar-refractivity contribution in [1.82, 2.24) is 5.32 Å². The Morgan fingerprint density at radius 2 is 2.09 bits per heavy atom. The second-order valence-corrected chi connectivity index (χ2v) is 6.13. The lowest BCUT2D eigenvalue weighted by atomic mass is 10.3. The lowest BCUT2D eigenvalue weighted by Crippen LogP contribution is -2.27. The second kappa shape index (κ2) is 2.90. The van der Waals surface area contributed by atoms with E-state index in [9.17, 15) is 4.79 Å². The lowest BCUT2D eigenvalue weighted by molar-refractivity contribution is -0.119. The molecule has 2 nitrogen and oxygen atoms in total. The zero-order valence-electron chi connectivity index (χ0n) is 6.26. The molecule has 0 bridgehead atoms. The highest BCUT2D eigenvalue weighted by Crippen LogP contribution is 2.46. The molecule has 2 aliphatic heterocycles. The smallest absolute Gasteiger partial charge is 0.222 e. The van der Waals surface area contributed by atoms with E-state index in [0.29, 0.717) is 0 Å². The molecule has 11 heavy (non-hydrogen) atoms. The number of carbonyl (C=O) groups is 1. The average molecular weight is 189 g/mol. The topological polar surface area (TPSA) is 29.1 Å². The van der Waals surface area contributed by atoms with Crippen molar-refractivity contribution in [3.05, 3.63) is 0 Å². The number of nitrogens with one attached hydrogen (secondary N) is 1. The van der Waals surface area contributed by atoms with E-state index in [1.807, 2.05) is 23.5 Å². The number of amides is 1.